The van der Waals surface area contributed by atoms with Crippen LogP contribution in [0.2, 0.25) is 0 Å². The maximum Gasteiger partial charge on any atom is 0.273 e. The highest BCUT2D eigenvalue weighted by atomic mass is 32.2. The number of nitro groups is 1. The van der Waals surface area contributed by atoms with E-state index in [9.17, 15) is 18.5 Å². The van der Waals surface area contributed by atoms with Gasteiger partial charge in [-0.1, -0.05) is 12.1 Å². The number of rotatable bonds is 3. The van der Waals surface area contributed by atoms with Crippen LogP contribution in [-0.2, 0) is 16.4 Å². The van der Waals surface area contributed by atoms with Gasteiger partial charge in [-0.2, -0.15) is 0 Å². The Morgan fingerprint density at radius 3 is 2.76 bits per heavy atom. The van der Waals surface area contributed by atoms with Gasteiger partial charge in [0.25, 0.3) is 15.7 Å². The molecular formula is C13H12N2O4S2. The molecule has 0 radical (unpaired) electrons. The van der Waals surface area contributed by atoms with Crippen LogP contribution in [0.25, 0.3) is 0 Å². The van der Waals surface area contributed by atoms with E-state index in [0.29, 0.717) is 18.7 Å². The van der Waals surface area contributed by atoms with Crippen LogP contribution < -0.4 is 4.31 Å². The molecule has 0 fully saturated rings. The van der Waals surface area contributed by atoms with Crippen molar-refractivity contribution in [1.29, 1.82) is 0 Å². The van der Waals surface area contributed by atoms with Gasteiger partial charge in [0.05, 0.1) is 10.6 Å². The van der Waals surface area contributed by atoms with E-state index >= 15 is 0 Å². The second-order valence-corrected chi connectivity index (χ2v) is 7.72. The molecule has 1 aliphatic heterocycles. The minimum absolute atomic E-state index is 0.0953. The summed E-state index contributed by atoms with van der Waals surface area (Å²) in [6.07, 6.45) is 1.43. The molecule has 2 aromatic rings. The van der Waals surface area contributed by atoms with Crippen molar-refractivity contribution in [2.75, 3.05) is 10.8 Å². The molecule has 2 heterocycles. The minimum Gasteiger partial charge on any atom is -0.265 e. The predicted molar refractivity (Wildman–Crippen MR) is 80.3 cm³/mol. The molecule has 0 atom stereocenters. The Hall–Kier alpha value is -1.93. The van der Waals surface area contributed by atoms with E-state index in [1.807, 2.05) is 0 Å². The lowest BCUT2D eigenvalue weighted by molar-refractivity contribution is -0.384. The van der Waals surface area contributed by atoms with Gasteiger partial charge >= 0.3 is 0 Å². The van der Waals surface area contributed by atoms with Gasteiger partial charge in [0.2, 0.25) is 0 Å². The van der Waals surface area contributed by atoms with Crippen molar-refractivity contribution in [2.24, 2.45) is 0 Å². The number of benzene rings is 1. The quantitative estimate of drug-likeness (QED) is 0.642. The average Bonchev–Trinajstić information content (AvgIpc) is 3.00. The van der Waals surface area contributed by atoms with Gasteiger partial charge in [-0.25, -0.2) is 8.42 Å². The van der Waals surface area contributed by atoms with Crippen molar-refractivity contribution in [3.05, 3.63) is 51.4 Å². The van der Waals surface area contributed by atoms with Gasteiger partial charge in [0.15, 0.2) is 0 Å². The van der Waals surface area contributed by atoms with E-state index in [4.69, 9.17) is 0 Å². The first kappa shape index (κ1) is 14.0. The number of anilines is 1. The Bertz CT molecular complexity index is 785. The lowest BCUT2D eigenvalue weighted by Gasteiger charge is -2.29. The number of hydrogen-bond acceptors (Lipinski definition) is 5. The maximum atomic E-state index is 12.7. The molecule has 110 valence electrons. The van der Waals surface area contributed by atoms with Crippen LogP contribution in [0.1, 0.15) is 12.0 Å². The molecule has 0 saturated heterocycles. The molecule has 1 aliphatic rings. The summed E-state index contributed by atoms with van der Waals surface area (Å²) < 4.78 is 26.9. The SMILES string of the molecule is O=[N+]([O-])c1ccc2c(c1)N(S(=O)(=O)c1cccs1)CCC2. The molecule has 1 aromatic carbocycles. The van der Waals surface area contributed by atoms with Crippen LogP contribution in [0.3, 0.4) is 0 Å². The minimum atomic E-state index is -3.65. The number of nitro benzene ring substituents is 1. The van der Waals surface area contributed by atoms with Crippen molar-refractivity contribution in [3.8, 4) is 0 Å². The number of non-ortho nitro benzene ring substituents is 1. The highest BCUT2D eigenvalue weighted by Gasteiger charge is 2.30. The first-order valence-electron chi connectivity index (χ1n) is 6.34. The highest BCUT2D eigenvalue weighted by Crippen LogP contribution is 2.35. The zero-order chi connectivity index (χ0) is 15.0. The van der Waals surface area contributed by atoms with Crippen LogP contribution in [0.5, 0.6) is 0 Å². The third-order valence-corrected chi connectivity index (χ3v) is 6.58. The zero-order valence-electron chi connectivity index (χ0n) is 10.9. The predicted octanol–water partition coefficient (Wildman–Crippen LogP) is 2.80. The second kappa shape index (κ2) is 5.12. The van der Waals surface area contributed by atoms with Gasteiger partial charge < -0.3 is 0 Å². The fourth-order valence-electron chi connectivity index (χ4n) is 2.41. The molecule has 0 N–H and O–H groups in total. The summed E-state index contributed by atoms with van der Waals surface area (Å²) in [6, 6.07) is 7.63. The van der Waals surface area contributed by atoms with Crippen molar-refractivity contribution in [2.45, 2.75) is 17.1 Å². The monoisotopic (exact) mass is 324 g/mol. The molecule has 0 amide bonds. The fraction of sp³-hybridized carbons (Fsp3) is 0.231. The molecular weight excluding hydrogens is 312 g/mol. The van der Waals surface area contributed by atoms with Gasteiger partial charge in [0, 0.05) is 18.7 Å². The summed E-state index contributed by atoms with van der Waals surface area (Å²) >= 11 is 1.15. The number of thiophene rings is 1. The summed E-state index contributed by atoms with van der Waals surface area (Å²) in [6.45, 7) is 0.342. The summed E-state index contributed by atoms with van der Waals surface area (Å²) in [4.78, 5) is 10.4. The first-order valence-corrected chi connectivity index (χ1v) is 8.66. The van der Waals surface area contributed by atoms with Crippen molar-refractivity contribution < 1.29 is 13.3 Å². The molecule has 1 aromatic heterocycles. The lowest BCUT2D eigenvalue weighted by atomic mass is 10.0. The third kappa shape index (κ3) is 2.40. The summed E-state index contributed by atoms with van der Waals surface area (Å²) in [7, 11) is -3.65. The van der Waals surface area contributed by atoms with Gasteiger partial charge in [-0.15, -0.1) is 11.3 Å². The number of nitrogens with zero attached hydrogens (tertiary/aromatic N) is 2. The molecule has 8 heteroatoms. The number of fused-ring (bicyclic) bond motifs is 1. The first-order chi connectivity index (χ1) is 10.00. The van der Waals surface area contributed by atoms with Crippen LogP contribution >= 0.6 is 11.3 Å². The van der Waals surface area contributed by atoms with E-state index < -0.39 is 14.9 Å². The van der Waals surface area contributed by atoms with Crippen LogP contribution in [0.15, 0.2) is 39.9 Å². The molecule has 0 unspecified atom stereocenters. The molecule has 0 saturated carbocycles. The Kier molecular flexibility index (Phi) is 3.42. The largest absolute Gasteiger partial charge is 0.273 e. The Morgan fingerprint density at radius 1 is 1.29 bits per heavy atom. The molecule has 0 spiro atoms. The Morgan fingerprint density at radius 2 is 2.10 bits per heavy atom. The van der Waals surface area contributed by atoms with Gasteiger partial charge in [-0.3, -0.25) is 14.4 Å². The van der Waals surface area contributed by atoms with Crippen molar-refractivity contribution in [3.63, 3.8) is 0 Å². The Labute approximate surface area is 125 Å². The van der Waals surface area contributed by atoms with Crippen molar-refractivity contribution >= 4 is 32.7 Å². The summed E-state index contributed by atoms with van der Waals surface area (Å²) in [5.74, 6) is 0. The number of aryl methyl sites for hydroxylation is 1. The number of hydrogen-bond donors (Lipinski definition) is 0. The number of sulfonamides is 1. The normalized spacial score (nSPS) is 14.8. The second-order valence-electron chi connectivity index (χ2n) is 4.68. The lowest BCUT2D eigenvalue weighted by Crippen LogP contribution is -2.35. The van der Waals surface area contributed by atoms with Gasteiger partial charge in [0.1, 0.15) is 4.21 Å². The van der Waals surface area contributed by atoms with Crippen LogP contribution in [0.4, 0.5) is 11.4 Å². The fourth-order valence-corrected chi connectivity index (χ4v) is 5.05. The Balaban J connectivity index is 2.12. The topological polar surface area (TPSA) is 80.5 Å². The van der Waals surface area contributed by atoms with E-state index in [2.05, 4.69) is 0 Å². The average molecular weight is 324 g/mol. The standard InChI is InChI=1S/C13H12N2O4S2/c16-15(17)11-6-5-10-3-1-7-14(12(10)9-11)21(18,19)13-4-2-8-20-13/h2,4-6,8-9H,1,3,7H2. The zero-order valence-corrected chi connectivity index (χ0v) is 12.6. The molecule has 0 aliphatic carbocycles. The molecule has 21 heavy (non-hydrogen) atoms. The van der Waals surface area contributed by atoms with Gasteiger partial charge in [-0.05, 0) is 29.9 Å². The highest BCUT2D eigenvalue weighted by molar-refractivity contribution is 7.94. The third-order valence-electron chi connectivity index (χ3n) is 3.40. The van der Waals surface area contributed by atoms with E-state index in [1.54, 1.807) is 23.6 Å². The maximum absolute atomic E-state index is 12.7. The van der Waals surface area contributed by atoms with Crippen LogP contribution in [-0.4, -0.2) is 19.9 Å². The summed E-state index contributed by atoms with van der Waals surface area (Å²) in [5.41, 5.74) is 1.15. The van der Waals surface area contributed by atoms with Crippen molar-refractivity contribution in [1.82, 2.24) is 0 Å². The molecule has 6 nitrogen and oxygen atoms in total. The van der Waals surface area contributed by atoms with E-state index in [1.165, 1.54) is 16.4 Å². The van der Waals surface area contributed by atoms with Crippen LogP contribution in [0, 0.1) is 10.1 Å². The smallest absolute Gasteiger partial charge is 0.265 e. The van der Waals surface area contributed by atoms with E-state index in [0.717, 1.165) is 23.3 Å². The molecule has 3 rings (SSSR count). The molecule has 0 bridgehead atoms. The summed E-state index contributed by atoms with van der Waals surface area (Å²) in [5, 5.41) is 12.6. The van der Waals surface area contributed by atoms with E-state index in [-0.39, 0.29) is 9.90 Å².